The first-order valence-corrected chi connectivity index (χ1v) is 10.6. The number of fused-ring (bicyclic) bond motifs is 1. The van der Waals surface area contributed by atoms with Crippen LogP contribution in [0.15, 0.2) is 36.4 Å². The second-order valence-electron chi connectivity index (χ2n) is 8.56. The van der Waals surface area contributed by atoms with E-state index in [4.69, 9.17) is 10.5 Å². The Labute approximate surface area is 171 Å². The fourth-order valence-corrected chi connectivity index (χ4v) is 4.88. The molecule has 1 aromatic heterocycles. The molecule has 0 radical (unpaired) electrons. The van der Waals surface area contributed by atoms with E-state index in [-0.39, 0.29) is 0 Å². The molecule has 3 rings (SSSR count). The number of nitrogens with two attached hydrogens (primary N) is 1. The maximum absolute atomic E-state index is 12.0. The molecule has 1 unspecified atom stereocenters. The topological polar surface area (TPSA) is 64.3 Å². The second-order valence-corrected chi connectivity index (χ2v) is 9.70. The molecule has 1 heterocycles. The second kappa shape index (κ2) is 8.00. The maximum Gasteiger partial charge on any atom is 0.412 e. The highest BCUT2D eigenvalue weighted by molar-refractivity contribution is 7.15. The third-order valence-electron chi connectivity index (χ3n) is 4.93. The molecule has 1 atom stereocenters. The van der Waals surface area contributed by atoms with Crippen LogP contribution in [-0.2, 0) is 11.2 Å². The lowest BCUT2D eigenvalue weighted by Gasteiger charge is -2.20. The molecule has 0 saturated carbocycles. The van der Waals surface area contributed by atoms with E-state index in [1.54, 1.807) is 0 Å². The van der Waals surface area contributed by atoms with Gasteiger partial charge in [-0.1, -0.05) is 24.6 Å². The van der Waals surface area contributed by atoms with E-state index in [9.17, 15) is 4.79 Å². The minimum atomic E-state index is -0.548. The predicted molar refractivity (Wildman–Crippen MR) is 119 cm³/mol. The summed E-state index contributed by atoms with van der Waals surface area (Å²) < 4.78 is 5.30. The van der Waals surface area contributed by atoms with Gasteiger partial charge in [0.2, 0.25) is 0 Å². The molecule has 0 bridgehead atoms. The molecule has 5 heteroatoms. The summed E-state index contributed by atoms with van der Waals surface area (Å²) in [6, 6.07) is 8.08. The summed E-state index contributed by atoms with van der Waals surface area (Å²) in [6.45, 7) is 11.8. The van der Waals surface area contributed by atoms with Gasteiger partial charge in [-0.25, -0.2) is 4.79 Å². The first-order valence-electron chi connectivity index (χ1n) is 9.82. The summed E-state index contributed by atoms with van der Waals surface area (Å²) in [5, 5.41) is 2.73. The van der Waals surface area contributed by atoms with Gasteiger partial charge in [-0.05, 0) is 76.3 Å². The number of nitrogen functional groups attached to an aromatic ring is 1. The Hall–Kier alpha value is -2.27. The van der Waals surface area contributed by atoms with Crippen LogP contribution in [0.1, 0.15) is 63.3 Å². The monoisotopic (exact) mass is 398 g/mol. The van der Waals surface area contributed by atoms with Crippen molar-refractivity contribution in [1.82, 2.24) is 0 Å². The van der Waals surface area contributed by atoms with Gasteiger partial charge in [-0.15, -0.1) is 11.3 Å². The van der Waals surface area contributed by atoms with Gasteiger partial charge in [0.25, 0.3) is 0 Å². The standard InChI is InChI=1S/C23H30N2O2S/c1-14(2)16-8-6-7-9-20-17(16)13-21(28-20)15-10-11-19(18(24)12-15)25-22(26)27-23(3,4)5/h10-13,16H,1,6-9,24H2,2-5H3,(H,25,26). The van der Waals surface area contributed by atoms with Gasteiger partial charge in [0, 0.05) is 15.7 Å². The van der Waals surface area contributed by atoms with Crippen molar-refractivity contribution in [2.45, 2.75) is 64.9 Å². The zero-order valence-electron chi connectivity index (χ0n) is 17.2. The van der Waals surface area contributed by atoms with Gasteiger partial charge in [-0.2, -0.15) is 0 Å². The van der Waals surface area contributed by atoms with Gasteiger partial charge in [0.1, 0.15) is 5.60 Å². The zero-order valence-corrected chi connectivity index (χ0v) is 18.0. The summed E-state index contributed by atoms with van der Waals surface area (Å²) in [5.41, 5.74) is 10.5. The number of carbonyl (C=O) groups excluding carboxylic acids is 1. The third kappa shape index (κ3) is 4.76. The van der Waals surface area contributed by atoms with Gasteiger partial charge in [0.05, 0.1) is 11.4 Å². The van der Waals surface area contributed by atoms with Crippen molar-refractivity contribution in [3.63, 3.8) is 0 Å². The number of rotatable bonds is 3. The van der Waals surface area contributed by atoms with Crippen LogP contribution in [0.25, 0.3) is 10.4 Å². The molecule has 1 aliphatic carbocycles. The number of aryl methyl sites for hydroxylation is 1. The SMILES string of the molecule is C=C(C)C1CCCCc2sc(-c3ccc(NC(=O)OC(C)(C)C)c(N)c3)cc21. The quantitative estimate of drug-likeness (QED) is 0.342. The van der Waals surface area contributed by atoms with Crippen molar-refractivity contribution in [3.05, 3.63) is 46.9 Å². The number of carbonyl (C=O) groups is 1. The van der Waals surface area contributed by atoms with Gasteiger partial charge >= 0.3 is 6.09 Å². The van der Waals surface area contributed by atoms with Crippen LogP contribution >= 0.6 is 11.3 Å². The number of nitrogens with one attached hydrogen (secondary N) is 1. The number of anilines is 2. The predicted octanol–water partition coefficient (Wildman–Crippen LogP) is 6.73. The van der Waals surface area contributed by atoms with E-state index >= 15 is 0 Å². The highest BCUT2D eigenvalue weighted by Gasteiger charge is 2.23. The van der Waals surface area contributed by atoms with E-state index < -0.39 is 11.7 Å². The molecule has 150 valence electrons. The molecule has 4 nitrogen and oxygen atoms in total. The van der Waals surface area contributed by atoms with E-state index in [1.165, 1.54) is 40.2 Å². The van der Waals surface area contributed by atoms with Crippen molar-refractivity contribution >= 4 is 28.8 Å². The lowest BCUT2D eigenvalue weighted by atomic mass is 9.90. The Bertz CT molecular complexity index is 892. The van der Waals surface area contributed by atoms with Crippen LogP contribution in [0, 0.1) is 0 Å². The highest BCUT2D eigenvalue weighted by Crippen LogP contribution is 2.43. The van der Waals surface area contributed by atoms with Crippen molar-refractivity contribution in [3.8, 4) is 10.4 Å². The summed E-state index contributed by atoms with van der Waals surface area (Å²) in [4.78, 5) is 14.7. The van der Waals surface area contributed by atoms with E-state index in [0.717, 1.165) is 12.0 Å². The maximum atomic E-state index is 12.0. The van der Waals surface area contributed by atoms with Crippen LogP contribution in [0.2, 0.25) is 0 Å². The number of hydrogen-bond acceptors (Lipinski definition) is 4. The number of benzene rings is 1. The van der Waals surface area contributed by atoms with Gasteiger partial charge in [0.15, 0.2) is 0 Å². The summed E-state index contributed by atoms with van der Waals surface area (Å²) in [5.74, 6) is 0.452. The summed E-state index contributed by atoms with van der Waals surface area (Å²) in [7, 11) is 0. The number of amides is 1. The van der Waals surface area contributed by atoms with Gasteiger partial charge in [-0.3, -0.25) is 5.32 Å². The first-order chi connectivity index (χ1) is 13.1. The molecule has 0 spiro atoms. The number of ether oxygens (including phenoxy) is 1. The number of allylic oxidation sites excluding steroid dienone is 1. The largest absolute Gasteiger partial charge is 0.444 e. The molecule has 3 N–H and O–H groups in total. The van der Waals surface area contributed by atoms with Crippen LogP contribution < -0.4 is 11.1 Å². The molecule has 1 aromatic carbocycles. The first kappa shape index (κ1) is 20.5. The van der Waals surface area contributed by atoms with Gasteiger partial charge < -0.3 is 10.5 Å². The van der Waals surface area contributed by atoms with Crippen molar-refractivity contribution in [2.75, 3.05) is 11.1 Å². The van der Waals surface area contributed by atoms with E-state index in [1.807, 2.05) is 50.3 Å². The molecular weight excluding hydrogens is 368 g/mol. The zero-order chi connectivity index (χ0) is 20.5. The Balaban J connectivity index is 1.84. The van der Waals surface area contributed by atoms with Crippen LogP contribution in [0.3, 0.4) is 0 Å². The smallest absolute Gasteiger partial charge is 0.412 e. The van der Waals surface area contributed by atoms with Crippen molar-refractivity contribution < 1.29 is 9.53 Å². The molecule has 1 aliphatic rings. The molecule has 2 aromatic rings. The normalized spacial score (nSPS) is 16.8. The average Bonchev–Trinajstić information content (AvgIpc) is 2.88. The highest BCUT2D eigenvalue weighted by atomic mass is 32.1. The van der Waals surface area contributed by atoms with E-state index in [0.29, 0.717) is 17.3 Å². The average molecular weight is 399 g/mol. The Morgan fingerprint density at radius 2 is 2.04 bits per heavy atom. The Kier molecular flexibility index (Phi) is 5.84. The number of hydrogen-bond donors (Lipinski definition) is 2. The molecule has 28 heavy (non-hydrogen) atoms. The van der Waals surface area contributed by atoms with Crippen LogP contribution in [-0.4, -0.2) is 11.7 Å². The minimum absolute atomic E-state index is 0.452. The summed E-state index contributed by atoms with van der Waals surface area (Å²) in [6.07, 6.45) is 4.31. The molecular formula is C23H30N2O2S. The van der Waals surface area contributed by atoms with Crippen LogP contribution in [0.5, 0.6) is 0 Å². The van der Waals surface area contributed by atoms with Crippen LogP contribution in [0.4, 0.5) is 16.2 Å². The Morgan fingerprint density at radius 1 is 1.29 bits per heavy atom. The number of thiophene rings is 1. The molecule has 0 fully saturated rings. The fraction of sp³-hybridized carbons (Fsp3) is 0.435. The lowest BCUT2D eigenvalue weighted by molar-refractivity contribution is 0.0636. The minimum Gasteiger partial charge on any atom is -0.444 e. The molecule has 0 saturated heterocycles. The fourth-order valence-electron chi connectivity index (χ4n) is 3.62. The molecule has 1 amide bonds. The molecule has 0 aliphatic heterocycles. The summed E-state index contributed by atoms with van der Waals surface area (Å²) >= 11 is 1.85. The van der Waals surface area contributed by atoms with E-state index in [2.05, 4.69) is 24.9 Å². The van der Waals surface area contributed by atoms with Crippen molar-refractivity contribution in [1.29, 1.82) is 0 Å². The van der Waals surface area contributed by atoms with Crippen molar-refractivity contribution in [2.24, 2.45) is 0 Å². The Morgan fingerprint density at radius 3 is 2.68 bits per heavy atom. The third-order valence-corrected chi connectivity index (χ3v) is 6.19. The lowest BCUT2D eigenvalue weighted by Crippen LogP contribution is -2.27.